The minimum absolute atomic E-state index is 0.0170. The number of fused-ring (bicyclic) bond motifs is 1. The number of ketones is 1. The van der Waals surface area contributed by atoms with Crippen molar-refractivity contribution in [2.75, 3.05) is 13.2 Å². The van der Waals surface area contributed by atoms with Crippen molar-refractivity contribution in [1.29, 1.82) is 0 Å². The Kier molecular flexibility index (Phi) is 9.66. The van der Waals surface area contributed by atoms with Crippen molar-refractivity contribution in [3.63, 3.8) is 0 Å². The maximum absolute atomic E-state index is 14.1. The lowest BCUT2D eigenvalue weighted by Gasteiger charge is -2.25. The number of rotatable bonds is 12. The van der Waals surface area contributed by atoms with Crippen LogP contribution in [0.25, 0.3) is 10.9 Å². The van der Waals surface area contributed by atoms with Crippen LogP contribution in [0.3, 0.4) is 0 Å². The summed E-state index contributed by atoms with van der Waals surface area (Å²) >= 11 is 0. The number of ether oxygens (including phenoxy) is 1. The second-order valence-corrected chi connectivity index (χ2v) is 10.7. The third-order valence-corrected chi connectivity index (χ3v) is 7.00. The molecule has 43 heavy (non-hydrogen) atoms. The lowest BCUT2D eigenvalue weighted by molar-refractivity contribution is -0.131. The van der Waals surface area contributed by atoms with Crippen LogP contribution >= 0.6 is 0 Å². The molecule has 1 aromatic heterocycles. The molecule has 1 aliphatic rings. The van der Waals surface area contributed by atoms with Crippen LogP contribution in [0.1, 0.15) is 43.6 Å². The molecule has 230 valence electrons. The van der Waals surface area contributed by atoms with Crippen molar-refractivity contribution >= 4 is 34.4 Å². The molecule has 1 saturated heterocycles. The Morgan fingerprint density at radius 2 is 1.67 bits per heavy atom. The average Bonchev–Trinajstić information content (AvgIpc) is 3.57. The molecule has 4 N–H and O–H groups in total. The van der Waals surface area contributed by atoms with E-state index >= 15 is 0 Å². The number of Topliss-reactive ketones (excluding diaryl/α,β-unsaturated/α-hetero) is 1. The van der Waals surface area contributed by atoms with Gasteiger partial charge in [0.15, 0.2) is 23.2 Å². The second kappa shape index (κ2) is 13.2. The van der Waals surface area contributed by atoms with Crippen LogP contribution in [-0.4, -0.2) is 53.7 Å². The van der Waals surface area contributed by atoms with Gasteiger partial charge in [-0.05, 0) is 43.4 Å². The molecule has 0 radical (unpaired) electrons. The monoisotopic (exact) mass is 608 g/mol. The highest BCUT2D eigenvalue weighted by molar-refractivity contribution is 6.01. The van der Waals surface area contributed by atoms with E-state index in [4.69, 9.17) is 4.74 Å². The number of amides is 3. The van der Waals surface area contributed by atoms with Gasteiger partial charge in [0.25, 0.3) is 5.91 Å². The summed E-state index contributed by atoms with van der Waals surface area (Å²) in [5.74, 6) is -12.9. The first-order valence-electron chi connectivity index (χ1n) is 13.5. The van der Waals surface area contributed by atoms with E-state index in [-0.39, 0.29) is 41.8 Å². The zero-order chi connectivity index (χ0) is 31.4. The molecule has 4 rings (SSSR count). The summed E-state index contributed by atoms with van der Waals surface area (Å²) in [6.07, 6.45) is 0.235. The predicted molar refractivity (Wildman–Crippen MR) is 143 cm³/mol. The summed E-state index contributed by atoms with van der Waals surface area (Å²) in [6.45, 7) is 2.79. The first-order chi connectivity index (χ1) is 20.3. The molecule has 0 unspecified atom stereocenters. The number of halogens is 5. The van der Waals surface area contributed by atoms with Gasteiger partial charge in [-0.3, -0.25) is 19.2 Å². The minimum atomic E-state index is -1.85. The van der Waals surface area contributed by atoms with E-state index in [9.17, 15) is 41.1 Å². The van der Waals surface area contributed by atoms with Crippen molar-refractivity contribution in [2.45, 2.75) is 45.2 Å². The Morgan fingerprint density at radius 3 is 2.28 bits per heavy atom. The third-order valence-electron chi connectivity index (χ3n) is 7.00. The maximum Gasteiger partial charge on any atom is 0.268 e. The van der Waals surface area contributed by atoms with Gasteiger partial charge in [0.1, 0.15) is 24.2 Å². The number of carbonyl (C=O) groups excluding carboxylic acids is 4. The zero-order valence-corrected chi connectivity index (χ0v) is 23.2. The molecule has 3 atom stereocenters. The van der Waals surface area contributed by atoms with Crippen molar-refractivity contribution in [1.82, 2.24) is 20.9 Å². The van der Waals surface area contributed by atoms with Crippen LogP contribution in [0.4, 0.5) is 22.0 Å². The number of hydrogen-bond acceptors (Lipinski definition) is 5. The van der Waals surface area contributed by atoms with Gasteiger partial charge in [-0.1, -0.05) is 19.9 Å². The molecule has 0 bridgehead atoms. The molecule has 1 aliphatic heterocycles. The van der Waals surface area contributed by atoms with Gasteiger partial charge in [0.2, 0.25) is 23.4 Å². The summed E-state index contributed by atoms with van der Waals surface area (Å²) in [5, 5.41) is 7.82. The first kappa shape index (κ1) is 31.4. The molecule has 14 heteroatoms. The number of hydrogen-bond donors (Lipinski definition) is 4. The highest BCUT2D eigenvalue weighted by Gasteiger charge is 2.34. The Bertz CT molecular complexity index is 1530. The predicted octanol–water partition coefficient (Wildman–Crippen LogP) is 3.67. The maximum atomic E-state index is 14.1. The van der Waals surface area contributed by atoms with Crippen molar-refractivity contribution in [2.24, 2.45) is 11.8 Å². The highest BCUT2D eigenvalue weighted by Crippen LogP contribution is 2.27. The van der Waals surface area contributed by atoms with Gasteiger partial charge in [0, 0.05) is 29.4 Å². The van der Waals surface area contributed by atoms with E-state index in [2.05, 4.69) is 20.9 Å². The molecule has 3 aromatic rings. The standard InChI is InChI=1S/C29H29F5N4O5/c1-13(2)8-21(38-29(42)22-10-15-16(30)4-3-5-19(15)36-22)28(41)37-20(9-14-6-7-35-27(14)40)23(39)12-43-26-24(33)17(31)11-18(32)25(26)34/h3-5,10-11,13-14,20-21,36H,6-9,12H2,1-2H3,(H,35,40)(H,37,41)(H,38,42)/t14-,20-,21-/m0/s1. The lowest BCUT2D eigenvalue weighted by Crippen LogP contribution is -2.53. The topological polar surface area (TPSA) is 129 Å². The van der Waals surface area contributed by atoms with Gasteiger partial charge in [0.05, 0.1) is 6.04 Å². The first-order valence-corrected chi connectivity index (χ1v) is 13.5. The summed E-state index contributed by atoms with van der Waals surface area (Å²) < 4.78 is 74.2. The van der Waals surface area contributed by atoms with Gasteiger partial charge < -0.3 is 25.7 Å². The van der Waals surface area contributed by atoms with E-state index in [1.165, 1.54) is 18.2 Å². The molecular weight excluding hydrogens is 579 g/mol. The summed E-state index contributed by atoms with van der Waals surface area (Å²) in [5.41, 5.74) is 0.346. The summed E-state index contributed by atoms with van der Waals surface area (Å²) in [6, 6.07) is 2.91. The molecule has 9 nitrogen and oxygen atoms in total. The summed E-state index contributed by atoms with van der Waals surface area (Å²) in [4.78, 5) is 54.5. The Balaban J connectivity index is 1.52. The molecule has 0 aliphatic carbocycles. The van der Waals surface area contributed by atoms with Gasteiger partial charge in [-0.15, -0.1) is 0 Å². The van der Waals surface area contributed by atoms with E-state index < -0.39 is 77.0 Å². The SMILES string of the molecule is CC(C)C[C@H](NC(=O)c1cc2c(F)cccc2[nH]1)C(=O)N[C@@H](C[C@@H]1CCNC1=O)C(=O)COc1c(F)c(F)cc(F)c1F. The van der Waals surface area contributed by atoms with Crippen molar-refractivity contribution < 1.29 is 45.9 Å². The van der Waals surface area contributed by atoms with Gasteiger partial charge in [-0.2, -0.15) is 8.78 Å². The third kappa shape index (κ3) is 7.30. The van der Waals surface area contributed by atoms with E-state index in [1.54, 1.807) is 19.9 Å². The quantitative estimate of drug-likeness (QED) is 0.184. The Hall–Kier alpha value is -4.49. The molecule has 0 saturated carbocycles. The number of carbonyl (C=O) groups is 4. The highest BCUT2D eigenvalue weighted by atomic mass is 19.2. The second-order valence-electron chi connectivity index (χ2n) is 10.7. The van der Waals surface area contributed by atoms with E-state index in [0.717, 1.165) is 0 Å². The van der Waals surface area contributed by atoms with Crippen LogP contribution in [0.5, 0.6) is 5.75 Å². The van der Waals surface area contributed by atoms with E-state index in [0.29, 0.717) is 18.5 Å². The van der Waals surface area contributed by atoms with Crippen LogP contribution in [-0.2, 0) is 14.4 Å². The fourth-order valence-corrected chi connectivity index (χ4v) is 4.80. The van der Waals surface area contributed by atoms with Crippen LogP contribution < -0.4 is 20.7 Å². The van der Waals surface area contributed by atoms with E-state index in [1.807, 2.05) is 0 Å². The number of benzene rings is 2. The molecule has 2 heterocycles. The molecule has 0 spiro atoms. The van der Waals surface area contributed by atoms with Gasteiger partial charge in [-0.25, -0.2) is 13.2 Å². The van der Waals surface area contributed by atoms with Crippen LogP contribution in [0.2, 0.25) is 0 Å². The lowest BCUT2D eigenvalue weighted by atomic mass is 9.95. The smallest absolute Gasteiger partial charge is 0.268 e. The minimum Gasteiger partial charge on any atom is -0.479 e. The Morgan fingerprint density at radius 1 is 0.977 bits per heavy atom. The van der Waals surface area contributed by atoms with Crippen molar-refractivity contribution in [3.8, 4) is 5.75 Å². The molecule has 2 aromatic carbocycles. The van der Waals surface area contributed by atoms with Gasteiger partial charge >= 0.3 is 0 Å². The van der Waals surface area contributed by atoms with Crippen LogP contribution in [0.15, 0.2) is 30.3 Å². The Labute approximate surface area is 242 Å². The number of H-pyrrole nitrogens is 1. The van der Waals surface area contributed by atoms with Crippen molar-refractivity contribution in [3.05, 3.63) is 65.1 Å². The fraction of sp³-hybridized carbons (Fsp3) is 0.379. The summed E-state index contributed by atoms with van der Waals surface area (Å²) in [7, 11) is 0. The molecular formula is C29H29F5N4O5. The average molecular weight is 609 g/mol. The fourth-order valence-electron chi connectivity index (χ4n) is 4.80. The van der Waals surface area contributed by atoms with Crippen LogP contribution in [0, 0.1) is 40.9 Å². The normalized spacial score (nSPS) is 16.2. The largest absolute Gasteiger partial charge is 0.479 e. The molecule has 1 fully saturated rings. The number of aromatic amines is 1. The molecule has 3 amide bonds. The zero-order valence-electron chi connectivity index (χ0n) is 23.2. The number of aromatic nitrogens is 1. The number of nitrogens with one attached hydrogen (secondary N) is 4.